The molecule has 1 aromatic carbocycles. The number of hydrogen-bond donors (Lipinski definition) is 1. The Bertz CT molecular complexity index is 393. The summed E-state index contributed by atoms with van der Waals surface area (Å²) in [5.41, 5.74) is -0.678. The minimum Gasteiger partial charge on any atom is -0.382 e. The van der Waals surface area contributed by atoms with Gasteiger partial charge in [0.15, 0.2) is 0 Å². The molecule has 19 heavy (non-hydrogen) atoms. The average Bonchev–Trinajstić information content (AvgIpc) is 2.32. The van der Waals surface area contributed by atoms with Crippen molar-refractivity contribution in [2.45, 2.75) is 26.1 Å². The fourth-order valence-electron chi connectivity index (χ4n) is 1.59. The van der Waals surface area contributed by atoms with Gasteiger partial charge in [-0.1, -0.05) is 0 Å². The molecule has 2 nitrogen and oxygen atoms in total. The van der Waals surface area contributed by atoms with Gasteiger partial charge in [-0.3, -0.25) is 0 Å². The molecule has 0 aliphatic heterocycles. The first-order valence-corrected chi connectivity index (χ1v) is 6.08. The lowest BCUT2D eigenvalue weighted by molar-refractivity contribution is -0.137. The van der Waals surface area contributed by atoms with Gasteiger partial charge in [-0.25, -0.2) is 4.39 Å². The van der Waals surface area contributed by atoms with Gasteiger partial charge in [0.05, 0.1) is 5.56 Å². The number of alkyl halides is 3. The molecular formula is C13H17F4NO. The maximum absolute atomic E-state index is 13.1. The quantitative estimate of drug-likeness (QED) is 0.610. The number of ether oxygens (including phenoxy) is 1. The molecule has 0 aliphatic carbocycles. The maximum Gasteiger partial charge on any atom is 0.416 e. The van der Waals surface area contributed by atoms with Crippen molar-refractivity contribution in [3.8, 4) is 0 Å². The molecule has 0 saturated heterocycles. The van der Waals surface area contributed by atoms with Gasteiger partial charge in [-0.05, 0) is 43.7 Å². The summed E-state index contributed by atoms with van der Waals surface area (Å²) >= 11 is 0. The smallest absolute Gasteiger partial charge is 0.382 e. The van der Waals surface area contributed by atoms with Gasteiger partial charge in [0.1, 0.15) is 5.82 Å². The van der Waals surface area contributed by atoms with Crippen LogP contribution >= 0.6 is 0 Å². The third-order valence-corrected chi connectivity index (χ3v) is 2.46. The summed E-state index contributed by atoms with van der Waals surface area (Å²) in [6.45, 7) is 3.93. The van der Waals surface area contributed by atoms with Crippen LogP contribution in [0.3, 0.4) is 0 Å². The van der Waals surface area contributed by atoms with Crippen LogP contribution in [0.5, 0.6) is 0 Å². The van der Waals surface area contributed by atoms with Gasteiger partial charge in [0.25, 0.3) is 0 Å². The largest absolute Gasteiger partial charge is 0.416 e. The highest BCUT2D eigenvalue weighted by molar-refractivity contribution is 5.26. The molecule has 0 unspecified atom stereocenters. The number of halogens is 4. The van der Waals surface area contributed by atoms with Crippen molar-refractivity contribution in [2.24, 2.45) is 0 Å². The normalized spacial score (nSPS) is 11.8. The Labute approximate surface area is 109 Å². The maximum atomic E-state index is 13.1. The Morgan fingerprint density at radius 3 is 2.58 bits per heavy atom. The number of rotatable bonds is 7. The van der Waals surface area contributed by atoms with E-state index in [0.717, 1.165) is 18.6 Å². The van der Waals surface area contributed by atoms with Crippen molar-refractivity contribution in [3.63, 3.8) is 0 Å². The Balaban J connectivity index is 2.48. The van der Waals surface area contributed by atoms with E-state index >= 15 is 0 Å². The molecule has 0 amide bonds. The minimum absolute atomic E-state index is 0.201. The molecule has 0 atom stereocenters. The second-order valence-corrected chi connectivity index (χ2v) is 4.07. The van der Waals surface area contributed by atoms with E-state index in [-0.39, 0.29) is 12.1 Å². The van der Waals surface area contributed by atoms with E-state index < -0.39 is 17.6 Å². The SMILES string of the molecule is CCOCCCNCc1cc(F)cc(C(F)(F)F)c1. The van der Waals surface area contributed by atoms with Crippen molar-refractivity contribution in [1.29, 1.82) is 0 Å². The molecule has 0 saturated carbocycles. The number of nitrogens with one attached hydrogen (secondary N) is 1. The topological polar surface area (TPSA) is 21.3 Å². The van der Waals surface area contributed by atoms with E-state index in [1.807, 2.05) is 6.92 Å². The summed E-state index contributed by atoms with van der Waals surface area (Å²) in [7, 11) is 0. The molecule has 6 heteroatoms. The summed E-state index contributed by atoms with van der Waals surface area (Å²) in [6, 6.07) is 2.56. The van der Waals surface area contributed by atoms with Gasteiger partial charge in [-0.2, -0.15) is 13.2 Å². The second kappa shape index (κ2) is 7.45. The molecule has 0 heterocycles. The van der Waals surface area contributed by atoms with Crippen molar-refractivity contribution < 1.29 is 22.3 Å². The zero-order valence-electron chi connectivity index (χ0n) is 10.7. The summed E-state index contributed by atoms with van der Waals surface area (Å²) in [4.78, 5) is 0. The van der Waals surface area contributed by atoms with Crippen molar-refractivity contribution >= 4 is 0 Å². The second-order valence-electron chi connectivity index (χ2n) is 4.07. The van der Waals surface area contributed by atoms with Crippen LogP contribution in [0.15, 0.2) is 18.2 Å². The predicted octanol–water partition coefficient (Wildman–Crippen LogP) is 3.36. The first-order chi connectivity index (χ1) is 8.93. The summed E-state index contributed by atoms with van der Waals surface area (Å²) in [6.07, 6.45) is -3.76. The summed E-state index contributed by atoms with van der Waals surface area (Å²) < 4.78 is 55.6. The molecule has 0 aliphatic rings. The van der Waals surface area contributed by atoms with E-state index in [1.165, 1.54) is 0 Å². The zero-order chi connectivity index (χ0) is 14.3. The lowest BCUT2D eigenvalue weighted by Crippen LogP contribution is -2.17. The van der Waals surface area contributed by atoms with Crippen molar-refractivity contribution in [2.75, 3.05) is 19.8 Å². The fraction of sp³-hybridized carbons (Fsp3) is 0.538. The highest BCUT2D eigenvalue weighted by atomic mass is 19.4. The fourth-order valence-corrected chi connectivity index (χ4v) is 1.59. The van der Waals surface area contributed by atoms with Crippen molar-refractivity contribution in [3.05, 3.63) is 35.1 Å². The van der Waals surface area contributed by atoms with Crippen LogP contribution < -0.4 is 5.32 Å². The van der Waals surface area contributed by atoms with Gasteiger partial charge in [-0.15, -0.1) is 0 Å². The standard InChI is InChI=1S/C13H17F4NO/c1-2-19-5-3-4-18-9-10-6-11(13(15,16)17)8-12(14)7-10/h6-8,18H,2-5,9H2,1H3. The van der Waals surface area contributed by atoms with Gasteiger partial charge < -0.3 is 10.1 Å². The zero-order valence-corrected chi connectivity index (χ0v) is 10.7. The Morgan fingerprint density at radius 2 is 1.95 bits per heavy atom. The van der Waals surface area contributed by atoms with Crippen LogP contribution in [0.2, 0.25) is 0 Å². The molecular weight excluding hydrogens is 262 g/mol. The van der Waals surface area contributed by atoms with E-state index in [0.29, 0.717) is 25.8 Å². The molecule has 0 radical (unpaired) electrons. The Morgan fingerprint density at radius 1 is 1.21 bits per heavy atom. The van der Waals surface area contributed by atoms with E-state index in [2.05, 4.69) is 5.32 Å². The molecule has 0 bridgehead atoms. The first kappa shape index (κ1) is 15.9. The Kier molecular flexibility index (Phi) is 6.24. The predicted molar refractivity (Wildman–Crippen MR) is 64.2 cm³/mol. The van der Waals surface area contributed by atoms with Crippen LogP contribution in [-0.4, -0.2) is 19.8 Å². The molecule has 0 aromatic heterocycles. The molecule has 1 aromatic rings. The number of hydrogen-bond acceptors (Lipinski definition) is 2. The van der Waals surface area contributed by atoms with Crippen LogP contribution in [0.4, 0.5) is 17.6 Å². The van der Waals surface area contributed by atoms with E-state index in [9.17, 15) is 17.6 Å². The van der Waals surface area contributed by atoms with Gasteiger partial charge >= 0.3 is 6.18 Å². The summed E-state index contributed by atoms with van der Waals surface area (Å²) in [5.74, 6) is -0.874. The first-order valence-electron chi connectivity index (χ1n) is 6.08. The highest BCUT2D eigenvalue weighted by Gasteiger charge is 2.31. The lowest BCUT2D eigenvalue weighted by Gasteiger charge is -2.10. The van der Waals surface area contributed by atoms with Crippen LogP contribution in [0, 0.1) is 5.82 Å². The minimum atomic E-state index is -4.52. The van der Waals surface area contributed by atoms with E-state index in [1.54, 1.807) is 0 Å². The molecule has 0 fully saturated rings. The van der Waals surface area contributed by atoms with Gasteiger partial charge in [0.2, 0.25) is 0 Å². The van der Waals surface area contributed by atoms with Gasteiger partial charge in [0, 0.05) is 19.8 Å². The number of benzene rings is 1. The monoisotopic (exact) mass is 279 g/mol. The molecule has 1 rings (SSSR count). The lowest BCUT2D eigenvalue weighted by atomic mass is 10.1. The van der Waals surface area contributed by atoms with Crippen LogP contribution in [0.25, 0.3) is 0 Å². The summed E-state index contributed by atoms with van der Waals surface area (Å²) in [5, 5.41) is 2.95. The molecule has 0 spiro atoms. The third-order valence-electron chi connectivity index (χ3n) is 2.46. The van der Waals surface area contributed by atoms with Crippen LogP contribution in [-0.2, 0) is 17.5 Å². The van der Waals surface area contributed by atoms with Crippen molar-refractivity contribution in [1.82, 2.24) is 5.32 Å². The van der Waals surface area contributed by atoms with E-state index in [4.69, 9.17) is 4.74 Å². The Hall–Kier alpha value is -1.14. The highest BCUT2D eigenvalue weighted by Crippen LogP contribution is 2.30. The van der Waals surface area contributed by atoms with Crippen LogP contribution in [0.1, 0.15) is 24.5 Å². The molecule has 108 valence electrons. The average molecular weight is 279 g/mol. The molecule has 1 N–H and O–H groups in total. The third kappa shape index (κ3) is 6.02.